The molecule has 20 heavy (non-hydrogen) atoms. The zero-order valence-corrected chi connectivity index (χ0v) is 12.0. The number of carboxylic acids is 1. The van der Waals surface area contributed by atoms with Crippen LogP contribution in [0.3, 0.4) is 0 Å². The zero-order valence-electron chi connectivity index (χ0n) is 12.0. The second-order valence-corrected chi connectivity index (χ2v) is 5.10. The van der Waals surface area contributed by atoms with Gasteiger partial charge in [0.15, 0.2) is 0 Å². The van der Waals surface area contributed by atoms with E-state index < -0.39 is 5.97 Å². The summed E-state index contributed by atoms with van der Waals surface area (Å²) >= 11 is 0. The Morgan fingerprint density at radius 1 is 1.00 bits per heavy atom. The smallest absolute Gasteiger partial charge is 0.336 e. The van der Waals surface area contributed by atoms with Gasteiger partial charge in [0.2, 0.25) is 0 Å². The maximum atomic E-state index is 11.6. The van der Waals surface area contributed by atoms with Crippen LogP contribution in [0.5, 0.6) is 0 Å². The van der Waals surface area contributed by atoms with Crippen LogP contribution in [0, 0.1) is 20.8 Å². The van der Waals surface area contributed by atoms with Gasteiger partial charge in [0.1, 0.15) is 0 Å². The van der Waals surface area contributed by atoms with Crippen molar-refractivity contribution in [1.29, 1.82) is 0 Å². The van der Waals surface area contributed by atoms with Gasteiger partial charge in [0, 0.05) is 0 Å². The first-order chi connectivity index (χ1) is 9.47. The monoisotopic (exact) mass is 266 g/mol. The molecular weight excluding hydrogens is 248 g/mol. The highest BCUT2D eigenvalue weighted by Crippen LogP contribution is 2.23. The van der Waals surface area contributed by atoms with Gasteiger partial charge >= 0.3 is 5.97 Å². The molecule has 2 heteroatoms. The summed E-state index contributed by atoms with van der Waals surface area (Å²) in [5.74, 6) is -0.903. The Hall–Kier alpha value is -2.35. The van der Waals surface area contributed by atoms with Gasteiger partial charge in [-0.25, -0.2) is 4.79 Å². The fourth-order valence-corrected chi connectivity index (χ4v) is 2.21. The second kappa shape index (κ2) is 5.74. The number of carboxylic acid groups (broad SMARTS) is 1. The van der Waals surface area contributed by atoms with E-state index in [2.05, 4.69) is 0 Å². The van der Waals surface area contributed by atoms with Crippen molar-refractivity contribution >= 4 is 17.6 Å². The van der Waals surface area contributed by atoms with Crippen LogP contribution in [-0.2, 0) is 4.79 Å². The van der Waals surface area contributed by atoms with E-state index in [1.807, 2.05) is 63.2 Å². The second-order valence-electron chi connectivity index (χ2n) is 5.10. The molecule has 1 N–H and O–H groups in total. The van der Waals surface area contributed by atoms with Crippen LogP contribution in [0.4, 0.5) is 0 Å². The first-order valence-electron chi connectivity index (χ1n) is 6.56. The Morgan fingerprint density at radius 3 is 2.35 bits per heavy atom. The first-order valence-corrected chi connectivity index (χ1v) is 6.56. The Kier molecular flexibility index (Phi) is 4.04. The SMILES string of the molecule is Cc1cccc(/C=C(\C(=O)O)c2cc(C)ccc2C)c1. The first kappa shape index (κ1) is 14.1. The molecule has 0 aromatic heterocycles. The Balaban J connectivity index is 2.57. The molecule has 102 valence electrons. The zero-order chi connectivity index (χ0) is 14.7. The van der Waals surface area contributed by atoms with E-state index in [1.54, 1.807) is 6.08 Å². The predicted molar refractivity (Wildman–Crippen MR) is 82.6 cm³/mol. The average Bonchev–Trinajstić information content (AvgIpc) is 2.39. The molecule has 0 saturated carbocycles. The number of rotatable bonds is 3. The van der Waals surface area contributed by atoms with Gasteiger partial charge in [0.05, 0.1) is 5.57 Å². The average molecular weight is 266 g/mol. The summed E-state index contributed by atoms with van der Waals surface area (Å²) in [4.78, 5) is 11.6. The van der Waals surface area contributed by atoms with Crippen LogP contribution in [-0.4, -0.2) is 11.1 Å². The molecule has 0 bridgehead atoms. The standard InChI is InChI=1S/C18H18O2/c1-12-5-4-6-15(9-12)11-17(18(19)20)16-10-13(2)7-8-14(16)3/h4-11H,1-3H3,(H,19,20)/b17-11-. The van der Waals surface area contributed by atoms with Gasteiger partial charge in [-0.3, -0.25) is 0 Å². The molecule has 2 rings (SSSR count). The van der Waals surface area contributed by atoms with Crippen LogP contribution in [0.1, 0.15) is 27.8 Å². The van der Waals surface area contributed by atoms with Crippen molar-refractivity contribution in [3.8, 4) is 0 Å². The summed E-state index contributed by atoms with van der Waals surface area (Å²) in [6, 6.07) is 13.7. The molecular formula is C18H18O2. The molecule has 0 saturated heterocycles. The molecule has 0 radical (unpaired) electrons. The van der Waals surface area contributed by atoms with E-state index in [4.69, 9.17) is 0 Å². The summed E-state index contributed by atoms with van der Waals surface area (Å²) in [5.41, 5.74) is 5.16. The number of aryl methyl sites for hydroxylation is 3. The van der Waals surface area contributed by atoms with Gasteiger partial charge in [0.25, 0.3) is 0 Å². The number of hydrogen-bond donors (Lipinski definition) is 1. The minimum absolute atomic E-state index is 0.330. The minimum Gasteiger partial charge on any atom is -0.478 e. The van der Waals surface area contributed by atoms with Crippen LogP contribution in [0.15, 0.2) is 42.5 Å². The Bertz CT molecular complexity index is 682. The normalized spacial score (nSPS) is 11.4. The topological polar surface area (TPSA) is 37.3 Å². The summed E-state index contributed by atoms with van der Waals surface area (Å²) in [5, 5.41) is 9.50. The van der Waals surface area contributed by atoms with Gasteiger partial charge in [-0.1, -0.05) is 53.6 Å². The van der Waals surface area contributed by atoms with Crippen molar-refractivity contribution in [3.05, 3.63) is 70.3 Å². The predicted octanol–water partition coefficient (Wildman–Crippen LogP) is 4.24. The van der Waals surface area contributed by atoms with Crippen molar-refractivity contribution in [2.75, 3.05) is 0 Å². The van der Waals surface area contributed by atoms with Gasteiger partial charge in [-0.15, -0.1) is 0 Å². The lowest BCUT2D eigenvalue weighted by Gasteiger charge is -2.08. The molecule has 2 aromatic carbocycles. The molecule has 0 aliphatic rings. The van der Waals surface area contributed by atoms with E-state index >= 15 is 0 Å². The van der Waals surface area contributed by atoms with Crippen molar-refractivity contribution in [1.82, 2.24) is 0 Å². The van der Waals surface area contributed by atoms with Crippen molar-refractivity contribution < 1.29 is 9.90 Å². The summed E-state index contributed by atoms with van der Waals surface area (Å²) < 4.78 is 0. The third-order valence-corrected chi connectivity index (χ3v) is 3.27. The fourth-order valence-electron chi connectivity index (χ4n) is 2.21. The highest BCUT2D eigenvalue weighted by Gasteiger charge is 2.13. The molecule has 0 aliphatic carbocycles. The van der Waals surface area contributed by atoms with E-state index in [0.717, 1.165) is 27.8 Å². The molecule has 0 unspecified atom stereocenters. The summed E-state index contributed by atoms with van der Waals surface area (Å²) in [7, 11) is 0. The van der Waals surface area contributed by atoms with E-state index in [1.165, 1.54) is 0 Å². The number of aliphatic carboxylic acids is 1. The highest BCUT2D eigenvalue weighted by atomic mass is 16.4. The lowest BCUT2D eigenvalue weighted by atomic mass is 9.96. The van der Waals surface area contributed by atoms with Gasteiger partial charge in [-0.2, -0.15) is 0 Å². The number of benzene rings is 2. The van der Waals surface area contributed by atoms with Gasteiger partial charge in [-0.05, 0) is 43.5 Å². The maximum absolute atomic E-state index is 11.6. The van der Waals surface area contributed by atoms with Crippen LogP contribution >= 0.6 is 0 Å². The molecule has 0 amide bonds. The van der Waals surface area contributed by atoms with Crippen molar-refractivity contribution in [2.45, 2.75) is 20.8 Å². The third-order valence-electron chi connectivity index (χ3n) is 3.27. The largest absolute Gasteiger partial charge is 0.478 e. The molecule has 0 spiro atoms. The van der Waals surface area contributed by atoms with E-state index in [-0.39, 0.29) is 0 Å². The van der Waals surface area contributed by atoms with E-state index in [0.29, 0.717) is 5.57 Å². The lowest BCUT2D eigenvalue weighted by molar-refractivity contribution is -0.130. The summed E-state index contributed by atoms with van der Waals surface area (Å²) in [6.07, 6.45) is 1.73. The molecule has 2 aromatic rings. The molecule has 0 fully saturated rings. The quantitative estimate of drug-likeness (QED) is 0.666. The van der Waals surface area contributed by atoms with Crippen LogP contribution in [0.2, 0.25) is 0 Å². The number of carbonyl (C=O) groups is 1. The fraction of sp³-hybridized carbons (Fsp3) is 0.167. The Morgan fingerprint density at radius 2 is 1.70 bits per heavy atom. The highest BCUT2D eigenvalue weighted by molar-refractivity contribution is 6.21. The van der Waals surface area contributed by atoms with Crippen molar-refractivity contribution in [2.24, 2.45) is 0 Å². The van der Waals surface area contributed by atoms with Gasteiger partial charge < -0.3 is 5.11 Å². The number of hydrogen-bond acceptors (Lipinski definition) is 1. The minimum atomic E-state index is -0.903. The third kappa shape index (κ3) is 3.15. The summed E-state index contributed by atoms with van der Waals surface area (Å²) in [6.45, 7) is 5.90. The Labute approximate surface area is 119 Å². The van der Waals surface area contributed by atoms with Crippen LogP contribution < -0.4 is 0 Å². The molecule has 0 atom stereocenters. The van der Waals surface area contributed by atoms with E-state index in [9.17, 15) is 9.90 Å². The molecule has 0 heterocycles. The van der Waals surface area contributed by atoms with Crippen LogP contribution in [0.25, 0.3) is 11.6 Å². The lowest BCUT2D eigenvalue weighted by Crippen LogP contribution is -2.02. The molecule has 2 nitrogen and oxygen atoms in total. The van der Waals surface area contributed by atoms with Crippen molar-refractivity contribution in [3.63, 3.8) is 0 Å². The maximum Gasteiger partial charge on any atom is 0.336 e. The molecule has 0 aliphatic heterocycles.